The summed E-state index contributed by atoms with van der Waals surface area (Å²) in [6, 6.07) is 6.09. The number of hydrogen-bond acceptors (Lipinski definition) is 1. The van der Waals surface area contributed by atoms with Gasteiger partial charge in [-0.2, -0.15) is 0 Å². The van der Waals surface area contributed by atoms with Crippen LogP contribution in [0.25, 0.3) is 6.08 Å². The molecule has 0 aliphatic heterocycles. The molecule has 0 heterocycles. The topological polar surface area (TPSA) is 23.9 Å². The maximum absolute atomic E-state index is 7.14. The molecule has 0 bridgehead atoms. The minimum atomic E-state index is 0.933. The van der Waals surface area contributed by atoms with Crippen LogP contribution in [0.5, 0.6) is 0 Å². The highest BCUT2D eigenvalue weighted by molar-refractivity contribution is 5.83. The van der Waals surface area contributed by atoms with E-state index in [0.717, 1.165) is 17.5 Å². The van der Waals surface area contributed by atoms with Crippen LogP contribution < -0.4 is 0 Å². The van der Waals surface area contributed by atoms with E-state index in [0.29, 0.717) is 0 Å². The van der Waals surface area contributed by atoms with Gasteiger partial charge < -0.3 is 5.41 Å². The van der Waals surface area contributed by atoms with E-state index in [-0.39, 0.29) is 0 Å². The predicted octanol–water partition coefficient (Wildman–Crippen LogP) is 4.94. The Balaban J connectivity index is 0. The van der Waals surface area contributed by atoms with Gasteiger partial charge in [-0.3, -0.25) is 0 Å². The SMILES string of the molecule is C=Cc1cc(CC)ccc1C=N.CC.CC. The van der Waals surface area contributed by atoms with Crippen LogP contribution in [0, 0.1) is 5.41 Å². The lowest BCUT2D eigenvalue weighted by atomic mass is 10.0. The van der Waals surface area contributed by atoms with Gasteiger partial charge in [-0.1, -0.05) is 65.5 Å². The summed E-state index contributed by atoms with van der Waals surface area (Å²) in [5.74, 6) is 0. The van der Waals surface area contributed by atoms with Gasteiger partial charge in [0.05, 0.1) is 0 Å². The molecule has 0 aliphatic rings. The molecule has 0 spiro atoms. The first-order valence-electron chi connectivity index (χ1n) is 6.07. The first-order chi connectivity index (χ1) is 7.81. The Hall–Kier alpha value is -1.37. The van der Waals surface area contributed by atoms with Crippen LogP contribution in [0.3, 0.4) is 0 Å². The molecule has 90 valence electrons. The number of rotatable bonds is 3. The van der Waals surface area contributed by atoms with Gasteiger partial charge in [0.2, 0.25) is 0 Å². The molecule has 0 unspecified atom stereocenters. The molecule has 1 aromatic carbocycles. The Labute approximate surface area is 101 Å². The molecule has 1 heteroatoms. The minimum absolute atomic E-state index is 0.933. The third kappa shape index (κ3) is 5.50. The molecule has 1 rings (SSSR count). The molecule has 1 nitrogen and oxygen atoms in total. The summed E-state index contributed by atoms with van der Waals surface area (Å²) in [5, 5.41) is 7.14. The van der Waals surface area contributed by atoms with Gasteiger partial charge in [0, 0.05) is 6.21 Å². The highest BCUT2D eigenvalue weighted by Gasteiger charge is 1.96. The Kier molecular flexibility index (Phi) is 12.5. The zero-order chi connectivity index (χ0) is 13.0. The van der Waals surface area contributed by atoms with Crippen LogP contribution >= 0.6 is 0 Å². The maximum Gasteiger partial charge on any atom is 0.0256 e. The lowest BCUT2D eigenvalue weighted by molar-refractivity contribution is 1.14. The normalized spacial score (nSPS) is 7.81. The summed E-state index contributed by atoms with van der Waals surface area (Å²) in [6.45, 7) is 13.8. The van der Waals surface area contributed by atoms with Crippen LogP contribution in [0.1, 0.15) is 51.3 Å². The van der Waals surface area contributed by atoms with Crippen LogP contribution in [0.2, 0.25) is 0 Å². The van der Waals surface area contributed by atoms with Crippen LogP contribution in [0.4, 0.5) is 0 Å². The Morgan fingerprint density at radius 1 is 1.12 bits per heavy atom. The van der Waals surface area contributed by atoms with Gasteiger partial charge in [-0.25, -0.2) is 0 Å². The fourth-order valence-corrected chi connectivity index (χ4v) is 1.15. The van der Waals surface area contributed by atoms with Gasteiger partial charge in [-0.15, -0.1) is 0 Å². The van der Waals surface area contributed by atoms with Crippen molar-refractivity contribution in [2.24, 2.45) is 0 Å². The number of hydrogen-bond donors (Lipinski definition) is 1. The Morgan fingerprint density at radius 3 is 2.06 bits per heavy atom. The van der Waals surface area contributed by atoms with Crippen molar-refractivity contribution in [1.82, 2.24) is 0 Å². The zero-order valence-electron chi connectivity index (χ0n) is 11.3. The third-order valence-corrected chi connectivity index (χ3v) is 1.93. The summed E-state index contributed by atoms with van der Waals surface area (Å²) >= 11 is 0. The largest absolute Gasteiger partial charge is 0.308 e. The van der Waals surface area contributed by atoms with Gasteiger partial charge in [0.15, 0.2) is 0 Å². The highest BCUT2D eigenvalue weighted by atomic mass is 14.3. The van der Waals surface area contributed by atoms with E-state index in [2.05, 4.69) is 19.6 Å². The smallest absolute Gasteiger partial charge is 0.0256 e. The summed E-state index contributed by atoms with van der Waals surface area (Å²) in [6.07, 6.45) is 4.18. The fraction of sp³-hybridized carbons (Fsp3) is 0.400. The highest BCUT2D eigenvalue weighted by Crippen LogP contribution is 2.11. The summed E-state index contributed by atoms with van der Waals surface area (Å²) < 4.78 is 0. The second-order valence-corrected chi connectivity index (χ2v) is 2.67. The standard InChI is InChI=1S/C11H13N.2C2H6/c1-3-9-5-6-11(8-12)10(4-2)7-9;2*1-2/h4-8,12H,2-3H2,1H3;2*1-2H3. The molecule has 0 fully saturated rings. The maximum atomic E-state index is 7.14. The van der Waals surface area contributed by atoms with Crippen molar-refractivity contribution in [1.29, 1.82) is 5.41 Å². The van der Waals surface area contributed by atoms with Crippen LogP contribution in [-0.2, 0) is 6.42 Å². The van der Waals surface area contributed by atoms with E-state index in [9.17, 15) is 0 Å². The first kappa shape index (κ1) is 17.0. The van der Waals surface area contributed by atoms with Crippen molar-refractivity contribution in [3.8, 4) is 0 Å². The Bertz CT molecular complexity index is 300. The van der Waals surface area contributed by atoms with Gasteiger partial charge in [0.1, 0.15) is 0 Å². The molecular formula is C15H25N. The van der Waals surface area contributed by atoms with Crippen LogP contribution in [-0.4, -0.2) is 6.21 Å². The molecule has 0 amide bonds. The lowest BCUT2D eigenvalue weighted by Crippen LogP contribution is -1.88. The summed E-state index contributed by atoms with van der Waals surface area (Å²) in [4.78, 5) is 0. The van der Waals surface area contributed by atoms with Crippen molar-refractivity contribution >= 4 is 12.3 Å². The molecule has 0 saturated carbocycles. The second-order valence-electron chi connectivity index (χ2n) is 2.67. The number of nitrogens with one attached hydrogen (secondary N) is 1. The van der Waals surface area contributed by atoms with E-state index >= 15 is 0 Å². The van der Waals surface area contributed by atoms with Gasteiger partial charge in [-0.05, 0) is 23.1 Å². The molecule has 0 atom stereocenters. The fourth-order valence-electron chi connectivity index (χ4n) is 1.15. The molecule has 0 saturated heterocycles. The van der Waals surface area contributed by atoms with Crippen molar-refractivity contribution < 1.29 is 0 Å². The zero-order valence-corrected chi connectivity index (χ0v) is 11.3. The average molecular weight is 219 g/mol. The second kappa shape index (κ2) is 11.7. The van der Waals surface area contributed by atoms with Crippen LogP contribution in [0.15, 0.2) is 24.8 Å². The van der Waals surface area contributed by atoms with E-state index in [1.165, 1.54) is 11.8 Å². The molecule has 1 N–H and O–H groups in total. The van der Waals surface area contributed by atoms with E-state index < -0.39 is 0 Å². The summed E-state index contributed by atoms with van der Waals surface area (Å²) in [5.41, 5.74) is 3.27. The first-order valence-corrected chi connectivity index (χ1v) is 6.07. The quantitative estimate of drug-likeness (QED) is 0.696. The van der Waals surface area contributed by atoms with Gasteiger partial charge >= 0.3 is 0 Å². The number of aryl methyl sites for hydroxylation is 1. The van der Waals surface area contributed by atoms with E-state index in [1.807, 2.05) is 39.8 Å². The number of benzene rings is 1. The molecule has 0 radical (unpaired) electrons. The van der Waals surface area contributed by atoms with E-state index in [4.69, 9.17) is 5.41 Å². The third-order valence-electron chi connectivity index (χ3n) is 1.93. The molecule has 0 aliphatic carbocycles. The average Bonchev–Trinajstić information content (AvgIpc) is 2.42. The van der Waals surface area contributed by atoms with E-state index in [1.54, 1.807) is 6.08 Å². The van der Waals surface area contributed by atoms with Crippen molar-refractivity contribution in [2.75, 3.05) is 0 Å². The van der Waals surface area contributed by atoms with Crippen molar-refractivity contribution in [2.45, 2.75) is 41.0 Å². The summed E-state index contributed by atoms with van der Waals surface area (Å²) in [7, 11) is 0. The van der Waals surface area contributed by atoms with Crippen molar-refractivity contribution in [3.63, 3.8) is 0 Å². The van der Waals surface area contributed by atoms with Gasteiger partial charge in [0.25, 0.3) is 0 Å². The van der Waals surface area contributed by atoms with Crippen molar-refractivity contribution in [3.05, 3.63) is 41.5 Å². The Morgan fingerprint density at radius 2 is 1.69 bits per heavy atom. The predicted molar refractivity (Wildman–Crippen MR) is 76.5 cm³/mol. The molecular weight excluding hydrogens is 194 g/mol. The minimum Gasteiger partial charge on any atom is -0.308 e. The monoisotopic (exact) mass is 219 g/mol. The molecule has 16 heavy (non-hydrogen) atoms. The molecule has 0 aromatic heterocycles. The molecule has 1 aromatic rings. The lowest BCUT2D eigenvalue weighted by Gasteiger charge is -2.02.